The summed E-state index contributed by atoms with van der Waals surface area (Å²) >= 11 is 0. The Hall–Kier alpha value is -3.22. The third-order valence-corrected chi connectivity index (χ3v) is 5.25. The van der Waals surface area contributed by atoms with Crippen LogP contribution in [0.3, 0.4) is 0 Å². The lowest BCUT2D eigenvalue weighted by Crippen LogP contribution is -2.35. The van der Waals surface area contributed by atoms with Crippen LogP contribution in [0, 0.1) is 0 Å². The molecule has 3 aromatic heterocycles. The Labute approximate surface area is 157 Å². The second kappa shape index (κ2) is 6.50. The molecule has 1 aliphatic rings. The fourth-order valence-electron chi connectivity index (χ4n) is 3.88. The lowest BCUT2D eigenvalue weighted by molar-refractivity contribution is 0.507. The van der Waals surface area contributed by atoms with E-state index < -0.39 is 0 Å². The van der Waals surface area contributed by atoms with Gasteiger partial charge in [0, 0.05) is 43.9 Å². The summed E-state index contributed by atoms with van der Waals surface area (Å²) < 4.78 is 3.68. The number of fused-ring (bicyclic) bond motifs is 1. The Morgan fingerprint density at radius 3 is 2.81 bits per heavy atom. The number of aromatic nitrogens is 6. The fourth-order valence-corrected chi connectivity index (χ4v) is 3.88. The highest BCUT2D eigenvalue weighted by Gasteiger charge is 2.24. The molecular weight excluding hydrogens is 338 g/mol. The van der Waals surface area contributed by atoms with Crippen molar-refractivity contribution in [3.8, 4) is 11.3 Å². The lowest BCUT2D eigenvalue weighted by atomic mass is 9.93. The molecule has 27 heavy (non-hydrogen) atoms. The molecule has 1 atom stereocenters. The average Bonchev–Trinajstić information content (AvgIpc) is 3.37. The first kappa shape index (κ1) is 16.0. The highest BCUT2D eigenvalue weighted by molar-refractivity contribution is 5.66. The summed E-state index contributed by atoms with van der Waals surface area (Å²) in [5, 5.41) is 8.70. The van der Waals surface area contributed by atoms with Gasteiger partial charge in [0.05, 0.1) is 11.9 Å². The number of hydrogen-bond donors (Lipinski definition) is 0. The second-order valence-electron chi connectivity index (χ2n) is 7.07. The van der Waals surface area contributed by atoms with Crippen LogP contribution < -0.4 is 4.90 Å². The van der Waals surface area contributed by atoms with Gasteiger partial charge in [0.1, 0.15) is 12.1 Å². The zero-order chi connectivity index (χ0) is 18.2. The molecule has 136 valence electrons. The van der Waals surface area contributed by atoms with Crippen molar-refractivity contribution in [3.05, 3.63) is 60.7 Å². The van der Waals surface area contributed by atoms with Crippen LogP contribution in [0.2, 0.25) is 0 Å². The second-order valence-corrected chi connectivity index (χ2v) is 7.07. The van der Waals surface area contributed by atoms with E-state index in [1.165, 1.54) is 12.0 Å². The molecule has 0 bridgehead atoms. The zero-order valence-corrected chi connectivity index (χ0v) is 15.2. The van der Waals surface area contributed by atoms with Crippen molar-refractivity contribution in [2.24, 2.45) is 7.05 Å². The molecule has 4 aromatic rings. The zero-order valence-electron chi connectivity index (χ0n) is 15.2. The van der Waals surface area contributed by atoms with Crippen molar-refractivity contribution in [1.82, 2.24) is 29.4 Å². The number of piperidine rings is 1. The van der Waals surface area contributed by atoms with Gasteiger partial charge in [0.15, 0.2) is 0 Å². The van der Waals surface area contributed by atoms with Crippen LogP contribution in [-0.4, -0.2) is 42.5 Å². The molecule has 4 heterocycles. The minimum atomic E-state index is 0.475. The standard InChI is InChI=1S/C20H21N7/c1-25-12-17(11-22-25)16-8-5-9-26(13-16)19-10-18(15-6-3-2-4-7-15)27-20(24-19)21-14-23-27/h2-4,6-7,10-12,14,16H,5,8-9,13H2,1H3. The SMILES string of the molecule is Cn1cc(C2CCCN(c3cc(-c4ccccc4)n4ncnc4n3)C2)cn1. The van der Waals surface area contributed by atoms with Crippen LogP contribution in [0.1, 0.15) is 24.3 Å². The van der Waals surface area contributed by atoms with Crippen molar-refractivity contribution in [3.63, 3.8) is 0 Å². The number of anilines is 1. The Morgan fingerprint density at radius 1 is 1.11 bits per heavy atom. The largest absolute Gasteiger partial charge is 0.356 e. The van der Waals surface area contributed by atoms with E-state index in [9.17, 15) is 0 Å². The number of aryl methyl sites for hydroxylation is 1. The van der Waals surface area contributed by atoms with Gasteiger partial charge < -0.3 is 4.90 Å². The van der Waals surface area contributed by atoms with Gasteiger partial charge in [-0.25, -0.2) is 0 Å². The van der Waals surface area contributed by atoms with Crippen LogP contribution in [0.15, 0.2) is 55.1 Å². The van der Waals surface area contributed by atoms with E-state index in [0.717, 1.165) is 36.6 Å². The molecule has 1 fully saturated rings. The van der Waals surface area contributed by atoms with E-state index in [0.29, 0.717) is 11.7 Å². The highest BCUT2D eigenvalue weighted by Crippen LogP contribution is 2.31. The van der Waals surface area contributed by atoms with E-state index in [-0.39, 0.29) is 0 Å². The first-order valence-corrected chi connectivity index (χ1v) is 9.27. The van der Waals surface area contributed by atoms with Crippen molar-refractivity contribution < 1.29 is 0 Å². The number of hydrogen-bond acceptors (Lipinski definition) is 5. The van der Waals surface area contributed by atoms with Gasteiger partial charge in [-0.2, -0.15) is 24.7 Å². The summed E-state index contributed by atoms with van der Waals surface area (Å²) in [5.41, 5.74) is 3.42. The van der Waals surface area contributed by atoms with E-state index in [1.807, 2.05) is 36.1 Å². The number of nitrogens with zero attached hydrogens (tertiary/aromatic N) is 7. The topological polar surface area (TPSA) is 64.1 Å². The predicted octanol–water partition coefficient (Wildman–Crippen LogP) is 2.91. The fraction of sp³-hybridized carbons (Fsp3) is 0.300. The third kappa shape index (κ3) is 2.95. The minimum Gasteiger partial charge on any atom is -0.356 e. The molecule has 1 aliphatic heterocycles. The van der Waals surface area contributed by atoms with E-state index in [4.69, 9.17) is 4.98 Å². The van der Waals surface area contributed by atoms with Gasteiger partial charge >= 0.3 is 0 Å². The summed E-state index contributed by atoms with van der Waals surface area (Å²) in [6.45, 7) is 1.94. The van der Waals surface area contributed by atoms with Crippen LogP contribution >= 0.6 is 0 Å². The smallest absolute Gasteiger partial charge is 0.254 e. The maximum Gasteiger partial charge on any atom is 0.254 e. The molecule has 0 aliphatic carbocycles. The molecule has 5 rings (SSSR count). The van der Waals surface area contributed by atoms with Crippen molar-refractivity contribution in [1.29, 1.82) is 0 Å². The molecule has 1 saturated heterocycles. The number of rotatable bonds is 3. The Balaban J connectivity index is 1.53. The van der Waals surface area contributed by atoms with Gasteiger partial charge in [-0.3, -0.25) is 4.68 Å². The Bertz CT molecular complexity index is 1070. The van der Waals surface area contributed by atoms with E-state index in [2.05, 4.69) is 44.5 Å². The maximum absolute atomic E-state index is 4.77. The van der Waals surface area contributed by atoms with E-state index >= 15 is 0 Å². The van der Waals surface area contributed by atoms with Crippen LogP contribution in [0.25, 0.3) is 17.0 Å². The van der Waals surface area contributed by atoms with Crippen molar-refractivity contribution >= 4 is 11.6 Å². The average molecular weight is 359 g/mol. The molecule has 7 nitrogen and oxygen atoms in total. The van der Waals surface area contributed by atoms with Crippen LogP contribution in [0.4, 0.5) is 5.82 Å². The quantitative estimate of drug-likeness (QED) is 0.563. The molecule has 1 unspecified atom stereocenters. The monoisotopic (exact) mass is 359 g/mol. The first-order chi connectivity index (χ1) is 13.3. The summed E-state index contributed by atoms with van der Waals surface area (Å²) in [4.78, 5) is 11.5. The van der Waals surface area contributed by atoms with Gasteiger partial charge in [0.25, 0.3) is 5.78 Å². The maximum atomic E-state index is 4.77. The lowest BCUT2D eigenvalue weighted by Gasteiger charge is -2.33. The summed E-state index contributed by atoms with van der Waals surface area (Å²) in [7, 11) is 1.97. The Morgan fingerprint density at radius 2 is 2.00 bits per heavy atom. The first-order valence-electron chi connectivity index (χ1n) is 9.27. The molecule has 0 amide bonds. The Kier molecular flexibility index (Phi) is 3.85. The van der Waals surface area contributed by atoms with Crippen LogP contribution in [-0.2, 0) is 7.05 Å². The summed E-state index contributed by atoms with van der Waals surface area (Å²) in [6, 6.07) is 12.4. The van der Waals surface area contributed by atoms with E-state index in [1.54, 1.807) is 10.8 Å². The summed E-state index contributed by atoms with van der Waals surface area (Å²) in [5.74, 6) is 2.07. The van der Waals surface area contributed by atoms with Gasteiger partial charge in [-0.05, 0) is 18.4 Å². The molecule has 0 N–H and O–H groups in total. The molecule has 7 heteroatoms. The molecule has 0 radical (unpaired) electrons. The van der Waals surface area contributed by atoms with Gasteiger partial charge in [0.2, 0.25) is 0 Å². The minimum absolute atomic E-state index is 0.475. The normalized spacial score (nSPS) is 17.5. The molecule has 0 saturated carbocycles. The number of benzene rings is 1. The van der Waals surface area contributed by atoms with Crippen molar-refractivity contribution in [2.45, 2.75) is 18.8 Å². The molecular formula is C20H21N7. The predicted molar refractivity (Wildman–Crippen MR) is 104 cm³/mol. The molecule has 1 aromatic carbocycles. The highest BCUT2D eigenvalue weighted by atomic mass is 15.3. The van der Waals surface area contributed by atoms with Crippen molar-refractivity contribution in [2.75, 3.05) is 18.0 Å². The third-order valence-electron chi connectivity index (χ3n) is 5.25. The van der Waals surface area contributed by atoms with Crippen LogP contribution in [0.5, 0.6) is 0 Å². The van der Waals surface area contributed by atoms with Gasteiger partial charge in [-0.1, -0.05) is 30.3 Å². The molecule has 0 spiro atoms. The summed E-state index contributed by atoms with van der Waals surface area (Å²) in [6.07, 6.45) is 7.99. The van der Waals surface area contributed by atoms with Gasteiger partial charge in [-0.15, -0.1) is 0 Å².